The number of carbonyl (C=O) groups is 1. The number of anilines is 1. The van der Waals surface area contributed by atoms with Crippen molar-refractivity contribution in [3.05, 3.63) is 24.3 Å². The van der Waals surface area contributed by atoms with Gasteiger partial charge in [0.1, 0.15) is 6.21 Å². The lowest BCUT2D eigenvalue weighted by molar-refractivity contribution is -0.110. The fraction of sp³-hybridized carbons (Fsp3) is 0. The lowest BCUT2D eigenvalue weighted by Crippen LogP contribution is -2.12. The molecule has 0 fully saturated rings. The number of benzene rings is 1. The minimum absolute atomic E-state index is 0.277. The molecule has 0 heterocycles. The van der Waals surface area contributed by atoms with Crippen LogP contribution in [-0.2, 0) is 14.9 Å². The monoisotopic (exact) mass is 244 g/mol. The van der Waals surface area contributed by atoms with E-state index >= 15 is 0 Å². The van der Waals surface area contributed by atoms with Crippen LogP contribution in [0.25, 0.3) is 0 Å². The van der Waals surface area contributed by atoms with E-state index in [4.69, 9.17) is 9.76 Å². The molecular weight excluding hydrogens is 236 g/mol. The smallest absolute Gasteiger partial charge is 0.294 e. The van der Waals surface area contributed by atoms with Crippen molar-refractivity contribution in [2.45, 2.75) is 4.90 Å². The molecule has 86 valence electrons. The highest BCUT2D eigenvalue weighted by molar-refractivity contribution is 7.85. The van der Waals surface area contributed by atoms with Crippen LogP contribution in [0.1, 0.15) is 0 Å². The van der Waals surface area contributed by atoms with Gasteiger partial charge in [0, 0.05) is 5.69 Å². The molecule has 0 aliphatic carbocycles. The minimum atomic E-state index is -4.24. The molecule has 3 N–H and O–H groups in total. The highest BCUT2D eigenvalue weighted by Crippen LogP contribution is 2.13. The van der Waals surface area contributed by atoms with Crippen LogP contribution in [-0.4, -0.2) is 30.3 Å². The zero-order valence-electron chi connectivity index (χ0n) is 7.86. The SMILES string of the molecule is O=C(/C=N\O)Nc1ccc(S(=O)(=O)O)cc1. The Bertz CT molecular complexity index is 506. The van der Waals surface area contributed by atoms with Crippen molar-refractivity contribution in [1.82, 2.24) is 0 Å². The summed E-state index contributed by atoms with van der Waals surface area (Å²) in [5, 5.41) is 12.9. The molecule has 1 aromatic carbocycles. The van der Waals surface area contributed by atoms with E-state index in [1.165, 1.54) is 12.1 Å². The Balaban J connectivity index is 2.84. The average molecular weight is 244 g/mol. The van der Waals surface area contributed by atoms with E-state index < -0.39 is 16.0 Å². The van der Waals surface area contributed by atoms with Crippen LogP contribution in [0.4, 0.5) is 5.69 Å². The van der Waals surface area contributed by atoms with Crippen molar-refractivity contribution in [2.24, 2.45) is 5.16 Å². The first-order valence-corrected chi connectivity index (χ1v) is 5.43. The standard InChI is InChI=1S/C8H8N2O5S/c11-8(5-9-12)10-6-1-3-7(4-2-6)16(13,14)15/h1-5,12H,(H,10,11)(H,13,14,15)/b9-5-. The van der Waals surface area contributed by atoms with E-state index in [1.807, 2.05) is 0 Å². The third-order valence-electron chi connectivity index (χ3n) is 1.59. The molecule has 8 heteroatoms. The molecule has 0 atom stereocenters. The molecule has 1 rings (SSSR count). The molecule has 16 heavy (non-hydrogen) atoms. The van der Waals surface area contributed by atoms with Gasteiger partial charge in [-0.15, -0.1) is 0 Å². The van der Waals surface area contributed by atoms with E-state index in [0.717, 1.165) is 12.1 Å². The average Bonchev–Trinajstić information content (AvgIpc) is 2.17. The van der Waals surface area contributed by atoms with Gasteiger partial charge in [0.2, 0.25) is 0 Å². The van der Waals surface area contributed by atoms with E-state index in [9.17, 15) is 13.2 Å². The Kier molecular flexibility index (Phi) is 3.59. The van der Waals surface area contributed by atoms with Crippen LogP contribution >= 0.6 is 0 Å². The molecule has 0 saturated carbocycles. The number of amides is 1. The van der Waals surface area contributed by atoms with Gasteiger partial charge in [-0.3, -0.25) is 9.35 Å². The highest BCUT2D eigenvalue weighted by atomic mass is 32.2. The van der Waals surface area contributed by atoms with E-state index in [1.54, 1.807) is 0 Å². The highest BCUT2D eigenvalue weighted by Gasteiger charge is 2.08. The van der Waals surface area contributed by atoms with Crippen molar-refractivity contribution in [2.75, 3.05) is 5.32 Å². The fourth-order valence-electron chi connectivity index (χ4n) is 0.937. The Morgan fingerprint density at radius 2 is 1.88 bits per heavy atom. The predicted octanol–water partition coefficient (Wildman–Crippen LogP) is 0.332. The van der Waals surface area contributed by atoms with Gasteiger partial charge in [-0.05, 0) is 24.3 Å². The van der Waals surface area contributed by atoms with Gasteiger partial charge >= 0.3 is 0 Å². The zero-order chi connectivity index (χ0) is 12.2. The fourth-order valence-corrected chi connectivity index (χ4v) is 1.42. The van der Waals surface area contributed by atoms with Gasteiger partial charge in [-0.1, -0.05) is 5.16 Å². The Morgan fingerprint density at radius 1 is 1.31 bits per heavy atom. The molecule has 0 saturated heterocycles. The third-order valence-corrected chi connectivity index (χ3v) is 2.46. The Labute approximate surface area is 91.1 Å². The van der Waals surface area contributed by atoms with E-state index in [0.29, 0.717) is 11.9 Å². The topological polar surface area (TPSA) is 116 Å². The quantitative estimate of drug-likeness (QED) is 0.306. The third kappa shape index (κ3) is 3.33. The number of hydrogen-bond acceptors (Lipinski definition) is 5. The van der Waals surface area contributed by atoms with Gasteiger partial charge < -0.3 is 10.5 Å². The van der Waals surface area contributed by atoms with E-state index in [-0.39, 0.29) is 4.90 Å². The molecule has 0 radical (unpaired) electrons. The second kappa shape index (κ2) is 4.73. The maximum Gasteiger partial charge on any atom is 0.294 e. The van der Waals surface area contributed by atoms with Crippen LogP contribution in [0.15, 0.2) is 34.3 Å². The first-order chi connectivity index (χ1) is 7.43. The lowest BCUT2D eigenvalue weighted by atomic mass is 10.3. The second-order valence-electron chi connectivity index (χ2n) is 2.73. The summed E-state index contributed by atoms with van der Waals surface area (Å²) in [4.78, 5) is 10.6. The number of hydrogen-bond donors (Lipinski definition) is 3. The van der Waals surface area contributed by atoms with Gasteiger partial charge in [0.05, 0.1) is 4.90 Å². The van der Waals surface area contributed by atoms with Crippen LogP contribution in [0, 0.1) is 0 Å². The van der Waals surface area contributed by atoms with Gasteiger partial charge in [-0.2, -0.15) is 8.42 Å². The lowest BCUT2D eigenvalue weighted by Gasteiger charge is -2.02. The van der Waals surface area contributed by atoms with Crippen molar-refractivity contribution >= 4 is 27.9 Å². The zero-order valence-corrected chi connectivity index (χ0v) is 8.68. The molecule has 0 bridgehead atoms. The Morgan fingerprint density at radius 3 is 2.31 bits per heavy atom. The maximum absolute atomic E-state index is 10.9. The Hall–Kier alpha value is -1.93. The second-order valence-corrected chi connectivity index (χ2v) is 4.15. The summed E-state index contributed by atoms with van der Waals surface area (Å²) in [6.07, 6.45) is 0.650. The normalized spacial score (nSPS) is 11.6. The van der Waals surface area contributed by atoms with Gasteiger partial charge in [0.25, 0.3) is 16.0 Å². The number of rotatable bonds is 3. The van der Waals surface area contributed by atoms with Crippen LogP contribution in [0.5, 0.6) is 0 Å². The summed E-state index contributed by atoms with van der Waals surface area (Å²) in [7, 11) is -4.24. The summed E-state index contributed by atoms with van der Waals surface area (Å²) in [6, 6.07) is 4.82. The van der Waals surface area contributed by atoms with E-state index in [2.05, 4.69) is 10.5 Å². The molecule has 0 aliphatic heterocycles. The molecule has 0 aliphatic rings. The first-order valence-electron chi connectivity index (χ1n) is 3.99. The first kappa shape index (κ1) is 12.1. The summed E-state index contributed by atoms with van der Waals surface area (Å²) in [5.41, 5.74) is 0.303. The molecule has 1 aromatic rings. The summed E-state index contributed by atoms with van der Waals surface area (Å²) in [5.74, 6) is -0.665. The summed E-state index contributed by atoms with van der Waals surface area (Å²) in [6.45, 7) is 0. The summed E-state index contributed by atoms with van der Waals surface area (Å²) >= 11 is 0. The molecular formula is C8H8N2O5S. The van der Waals surface area contributed by atoms with Crippen LogP contribution in [0.3, 0.4) is 0 Å². The molecule has 0 spiro atoms. The number of oxime groups is 1. The maximum atomic E-state index is 10.9. The van der Waals surface area contributed by atoms with Crippen molar-refractivity contribution in [3.8, 4) is 0 Å². The van der Waals surface area contributed by atoms with Gasteiger partial charge in [-0.25, -0.2) is 0 Å². The number of nitrogens with zero attached hydrogens (tertiary/aromatic N) is 1. The number of nitrogens with one attached hydrogen (secondary N) is 1. The van der Waals surface area contributed by atoms with Crippen molar-refractivity contribution in [1.29, 1.82) is 0 Å². The largest absolute Gasteiger partial charge is 0.411 e. The van der Waals surface area contributed by atoms with Crippen LogP contribution in [0.2, 0.25) is 0 Å². The van der Waals surface area contributed by atoms with Crippen LogP contribution < -0.4 is 5.32 Å². The number of carbonyl (C=O) groups excluding carboxylic acids is 1. The molecule has 0 unspecified atom stereocenters. The molecule has 0 aromatic heterocycles. The molecule has 1 amide bonds. The molecule has 7 nitrogen and oxygen atoms in total. The summed E-state index contributed by atoms with van der Waals surface area (Å²) < 4.78 is 30.0. The minimum Gasteiger partial charge on any atom is -0.411 e. The van der Waals surface area contributed by atoms with Crippen molar-refractivity contribution in [3.63, 3.8) is 0 Å². The predicted molar refractivity (Wildman–Crippen MR) is 55.2 cm³/mol. The van der Waals surface area contributed by atoms with Gasteiger partial charge in [0.15, 0.2) is 0 Å². The van der Waals surface area contributed by atoms with Crippen molar-refractivity contribution < 1.29 is 23.0 Å².